The van der Waals surface area contributed by atoms with Crippen molar-refractivity contribution in [1.82, 2.24) is 14.5 Å². The number of hydrogen-bond donors (Lipinski definition) is 2. The maximum absolute atomic E-state index is 12.0. The second-order valence-electron chi connectivity index (χ2n) is 4.50. The van der Waals surface area contributed by atoms with Crippen molar-refractivity contribution >= 4 is 10.0 Å². The van der Waals surface area contributed by atoms with Crippen LogP contribution in [0.25, 0.3) is 0 Å². The Labute approximate surface area is 118 Å². The fraction of sp³-hybridized carbons (Fsp3) is 0.308. The second-order valence-corrected chi connectivity index (χ2v) is 6.31. The molecule has 1 heterocycles. The van der Waals surface area contributed by atoms with E-state index in [-0.39, 0.29) is 18.9 Å². The Morgan fingerprint density at radius 1 is 1.20 bits per heavy atom. The highest BCUT2D eigenvalue weighted by molar-refractivity contribution is 7.88. The number of aryl methyl sites for hydroxylation is 1. The molecule has 0 amide bonds. The molecule has 0 radical (unpaired) electrons. The molecule has 1 aromatic carbocycles. The van der Waals surface area contributed by atoms with Gasteiger partial charge in [0, 0.05) is 13.2 Å². The summed E-state index contributed by atoms with van der Waals surface area (Å²) in [5.74, 6) is -0.0867. The zero-order valence-electron chi connectivity index (χ0n) is 11.2. The molecular formula is C13H17N3O3S. The fourth-order valence-corrected chi connectivity index (χ4v) is 2.87. The monoisotopic (exact) mass is 295 g/mol. The van der Waals surface area contributed by atoms with Crippen molar-refractivity contribution in [2.75, 3.05) is 0 Å². The molecule has 0 aliphatic rings. The summed E-state index contributed by atoms with van der Waals surface area (Å²) in [6.07, 6.45) is 1.62. The van der Waals surface area contributed by atoms with E-state index in [4.69, 9.17) is 5.11 Å². The molecule has 6 nitrogen and oxygen atoms in total. The summed E-state index contributed by atoms with van der Waals surface area (Å²) in [7, 11) is -1.64. The van der Waals surface area contributed by atoms with Crippen molar-refractivity contribution in [2.24, 2.45) is 7.05 Å². The van der Waals surface area contributed by atoms with Gasteiger partial charge in [0.2, 0.25) is 10.0 Å². The summed E-state index contributed by atoms with van der Waals surface area (Å²) in [4.78, 5) is 0. The molecule has 0 aliphatic carbocycles. The van der Waals surface area contributed by atoms with E-state index in [0.717, 1.165) is 11.3 Å². The molecule has 0 spiro atoms. The third-order valence-corrected chi connectivity index (χ3v) is 4.26. The Kier molecular flexibility index (Phi) is 4.53. The van der Waals surface area contributed by atoms with Gasteiger partial charge >= 0.3 is 0 Å². The summed E-state index contributed by atoms with van der Waals surface area (Å²) in [5.41, 5.74) is 2.23. The van der Waals surface area contributed by atoms with Crippen LogP contribution in [0.2, 0.25) is 0 Å². The number of nitrogens with zero attached hydrogens (tertiary/aromatic N) is 2. The summed E-state index contributed by atoms with van der Waals surface area (Å²) in [6.45, 7) is 0.166. The number of aliphatic hydroxyl groups excluding tert-OH is 1. The summed E-state index contributed by atoms with van der Waals surface area (Å²) >= 11 is 0. The van der Waals surface area contributed by atoms with Crippen LogP contribution in [0.4, 0.5) is 0 Å². The average molecular weight is 295 g/mol. The van der Waals surface area contributed by atoms with Crippen molar-refractivity contribution < 1.29 is 13.5 Å². The van der Waals surface area contributed by atoms with E-state index in [1.165, 1.54) is 0 Å². The van der Waals surface area contributed by atoms with Gasteiger partial charge in [0.25, 0.3) is 0 Å². The number of rotatable bonds is 6. The van der Waals surface area contributed by atoms with Crippen molar-refractivity contribution in [3.63, 3.8) is 0 Å². The van der Waals surface area contributed by atoms with Gasteiger partial charge in [0.05, 0.1) is 24.6 Å². The lowest BCUT2D eigenvalue weighted by Crippen LogP contribution is -2.25. The molecule has 0 fully saturated rings. The normalized spacial score (nSPS) is 11.7. The number of sulfonamides is 1. The first-order valence-corrected chi connectivity index (χ1v) is 7.78. The predicted molar refractivity (Wildman–Crippen MR) is 75.0 cm³/mol. The van der Waals surface area contributed by atoms with Crippen LogP contribution in [0.5, 0.6) is 0 Å². The number of nitrogens with one attached hydrogen (secondary N) is 1. The first-order chi connectivity index (χ1) is 9.50. The van der Waals surface area contributed by atoms with Crippen LogP contribution in [0.1, 0.15) is 16.8 Å². The van der Waals surface area contributed by atoms with Gasteiger partial charge in [0.1, 0.15) is 0 Å². The molecule has 0 atom stereocenters. The average Bonchev–Trinajstić information content (AvgIpc) is 2.83. The Morgan fingerprint density at radius 3 is 2.40 bits per heavy atom. The van der Waals surface area contributed by atoms with Crippen LogP contribution in [-0.2, 0) is 36.0 Å². The van der Waals surface area contributed by atoms with E-state index in [0.29, 0.717) is 5.56 Å². The molecule has 1 aromatic heterocycles. The zero-order valence-corrected chi connectivity index (χ0v) is 12.0. The predicted octanol–water partition coefficient (Wildman–Crippen LogP) is 0.532. The minimum absolute atomic E-state index is 0.0498. The van der Waals surface area contributed by atoms with Gasteiger partial charge in [-0.3, -0.25) is 4.68 Å². The van der Waals surface area contributed by atoms with Crippen molar-refractivity contribution in [3.8, 4) is 0 Å². The molecule has 0 bridgehead atoms. The summed E-state index contributed by atoms with van der Waals surface area (Å²) < 4.78 is 28.1. The van der Waals surface area contributed by atoms with E-state index in [9.17, 15) is 8.42 Å². The molecule has 2 aromatic rings. The van der Waals surface area contributed by atoms with E-state index in [1.807, 2.05) is 0 Å². The number of aliphatic hydroxyl groups is 1. The van der Waals surface area contributed by atoms with Gasteiger partial charge < -0.3 is 5.11 Å². The van der Waals surface area contributed by atoms with E-state index in [2.05, 4.69) is 9.82 Å². The molecule has 108 valence electrons. The standard InChI is InChI=1S/C13H17N3O3S/c1-16-13(6-7-14-16)8-15-20(18,19)10-12-4-2-11(9-17)3-5-12/h2-7,15,17H,8-10H2,1H3. The Balaban J connectivity index is 1.98. The second kappa shape index (κ2) is 6.17. The number of aromatic nitrogens is 2. The summed E-state index contributed by atoms with van der Waals surface area (Å²) in [6, 6.07) is 8.60. The highest BCUT2D eigenvalue weighted by Crippen LogP contribution is 2.08. The van der Waals surface area contributed by atoms with E-state index < -0.39 is 10.0 Å². The first-order valence-electron chi connectivity index (χ1n) is 6.13. The zero-order chi connectivity index (χ0) is 14.6. The molecular weight excluding hydrogens is 278 g/mol. The SMILES string of the molecule is Cn1nccc1CNS(=O)(=O)Cc1ccc(CO)cc1. The third kappa shape index (κ3) is 3.89. The molecule has 2 rings (SSSR count). The minimum Gasteiger partial charge on any atom is -0.392 e. The van der Waals surface area contributed by atoms with Gasteiger partial charge in [-0.1, -0.05) is 24.3 Å². The maximum atomic E-state index is 12.0. The molecule has 7 heteroatoms. The maximum Gasteiger partial charge on any atom is 0.216 e. The lowest BCUT2D eigenvalue weighted by atomic mass is 10.2. The lowest BCUT2D eigenvalue weighted by molar-refractivity contribution is 0.282. The molecule has 0 unspecified atom stereocenters. The van der Waals surface area contributed by atoms with Gasteiger partial charge in [-0.05, 0) is 17.2 Å². The topological polar surface area (TPSA) is 84.2 Å². The lowest BCUT2D eigenvalue weighted by Gasteiger charge is -2.07. The summed E-state index contributed by atoms with van der Waals surface area (Å²) in [5, 5.41) is 12.9. The van der Waals surface area contributed by atoms with Crippen molar-refractivity contribution in [1.29, 1.82) is 0 Å². The fourth-order valence-electron chi connectivity index (χ4n) is 1.77. The smallest absolute Gasteiger partial charge is 0.216 e. The Morgan fingerprint density at radius 2 is 1.85 bits per heavy atom. The Bertz CT molecular complexity index is 662. The molecule has 0 aliphatic heterocycles. The van der Waals surface area contributed by atoms with Crippen LogP contribution in [0.15, 0.2) is 36.5 Å². The van der Waals surface area contributed by atoms with Crippen molar-refractivity contribution in [2.45, 2.75) is 18.9 Å². The van der Waals surface area contributed by atoms with Gasteiger partial charge in [0.15, 0.2) is 0 Å². The number of benzene rings is 1. The van der Waals surface area contributed by atoms with Crippen LogP contribution in [0, 0.1) is 0 Å². The first kappa shape index (κ1) is 14.7. The number of hydrogen-bond acceptors (Lipinski definition) is 4. The van der Waals surface area contributed by atoms with Crippen LogP contribution in [0.3, 0.4) is 0 Å². The van der Waals surface area contributed by atoms with E-state index in [1.54, 1.807) is 48.3 Å². The highest BCUT2D eigenvalue weighted by Gasteiger charge is 2.12. The third-order valence-electron chi connectivity index (χ3n) is 2.96. The highest BCUT2D eigenvalue weighted by atomic mass is 32.2. The molecule has 0 saturated carbocycles. The van der Waals surface area contributed by atoms with Crippen LogP contribution in [-0.4, -0.2) is 23.3 Å². The molecule has 20 heavy (non-hydrogen) atoms. The quantitative estimate of drug-likeness (QED) is 0.814. The van der Waals surface area contributed by atoms with Gasteiger partial charge in [-0.15, -0.1) is 0 Å². The Hall–Kier alpha value is -1.70. The largest absolute Gasteiger partial charge is 0.392 e. The molecule has 2 N–H and O–H groups in total. The van der Waals surface area contributed by atoms with Gasteiger partial charge in [-0.2, -0.15) is 5.10 Å². The van der Waals surface area contributed by atoms with E-state index >= 15 is 0 Å². The van der Waals surface area contributed by atoms with Crippen molar-refractivity contribution in [3.05, 3.63) is 53.3 Å². The van der Waals surface area contributed by atoms with Crippen LogP contribution >= 0.6 is 0 Å². The molecule has 0 saturated heterocycles. The van der Waals surface area contributed by atoms with Crippen LogP contribution < -0.4 is 4.72 Å². The minimum atomic E-state index is -3.40. The van der Waals surface area contributed by atoms with Gasteiger partial charge in [-0.25, -0.2) is 13.1 Å².